The second-order valence-corrected chi connectivity index (χ2v) is 10.0. The van der Waals surface area contributed by atoms with Crippen molar-refractivity contribution >= 4 is 32.6 Å². The average Bonchev–Trinajstić information content (AvgIpc) is 2.67. The van der Waals surface area contributed by atoms with E-state index >= 15 is 0 Å². The predicted octanol–water partition coefficient (Wildman–Crippen LogP) is 4.72. The van der Waals surface area contributed by atoms with Gasteiger partial charge in [-0.1, -0.05) is 43.7 Å². The molecule has 3 aromatic rings. The zero-order chi connectivity index (χ0) is 20.3. The third kappa shape index (κ3) is 4.18. The summed E-state index contributed by atoms with van der Waals surface area (Å²) in [6, 6.07) is 15.8. The van der Waals surface area contributed by atoms with Crippen molar-refractivity contribution in [3.8, 4) is 6.07 Å². The largest absolute Gasteiger partial charge is 0.246 e. The summed E-state index contributed by atoms with van der Waals surface area (Å²) in [5.74, 6) is 1.14. The van der Waals surface area contributed by atoms with E-state index in [1.807, 2.05) is 31.2 Å². The van der Waals surface area contributed by atoms with Gasteiger partial charge < -0.3 is 0 Å². The number of sulfone groups is 1. The maximum atomic E-state index is 13.2. The first-order valence-corrected chi connectivity index (χ1v) is 11.5. The summed E-state index contributed by atoms with van der Waals surface area (Å²) in [7, 11) is -3.93. The topological polar surface area (TPSA) is 83.7 Å². The van der Waals surface area contributed by atoms with E-state index < -0.39 is 15.1 Å². The number of hydrogen-bond acceptors (Lipinski definition) is 6. The fourth-order valence-corrected chi connectivity index (χ4v) is 5.09. The first-order valence-electron chi connectivity index (χ1n) is 8.92. The van der Waals surface area contributed by atoms with Gasteiger partial charge in [0.25, 0.3) is 0 Å². The molecule has 1 atom stereocenters. The summed E-state index contributed by atoms with van der Waals surface area (Å²) in [5, 5.41) is 8.88. The lowest BCUT2D eigenvalue weighted by Gasteiger charge is -2.15. The molecular weight excluding hydrogens is 390 g/mol. The Bertz CT molecular complexity index is 1130. The second-order valence-electron chi connectivity index (χ2n) is 6.97. The molecule has 0 aliphatic carbocycles. The molecule has 0 amide bonds. The lowest BCUT2D eigenvalue weighted by molar-refractivity contribution is 0.589. The van der Waals surface area contributed by atoms with Crippen molar-refractivity contribution in [1.82, 2.24) is 9.97 Å². The van der Waals surface area contributed by atoms with Crippen LogP contribution in [0.15, 0.2) is 58.5 Å². The van der Waals surface area contributed by atoms with E-state index in [0.29, 0.717) is 22.0 Å². The fraction of sp³-hybridized carbons (Fsp3) is 0.286. The number of rotatable bonds is 6. The van der Waals surface area contributed by atoms with E-state index in [0.717, 1.165) is 11.3 Å². The molecule has 7 heteroatoms. The highest BCUT2D eigenvalue weighted by Gasteiger charge is 2.33. The molecule has 0 radical (unpaired) electrons. The predicted molar refractivity (Wildman–Crippen MR) is 112 cm³/mol. The van der Waals surface area contributed by atoms with Gasteiger partial charge in [0.1, 0.15) is 10.7 Å². The molecule has 144 valence electrons. The Hall–Kier alpha value is -2.43. The molecule has 0 aliphatic rings. The molecule has 0 fully saturated rings. The van der Waals surface area contributed by atoms with E-state index in [-0.39, 0.29) is 10.6 Å². The molecule has 0 saturated heterocycles. The van der Waals surface area contributed by atoms with Gasteiger partial charge >= 0.3 is 0 Å². The van der Waals surface area contributed by atoms with Gasteiger partial charge in [-0.05, 0) is 37.1 Å². The van der Waals surface area contributed by atoms with Gasteiger partial charge in [-0.2, -0.15) is 5.26 Å². The summed E-state index contributed by atoms with van der Waals surface area (Å²) < 4.78 is 26.4. The number of hydrogen-bond donors (Lipinski definition) is 0. The van der Waals surface area contributed by atoms with Crippen molar-refractivity contribution in [2.24, 2.45) is 5.92 Å². The summed E-state index contributed by atoms with van der Waals surface area (Å²) >= 11 is 1.44. The van der Waals surface area contributed by atoms with Gasteiger partial charge in [0, 0.05) is 5.75 Å². The van der Waals surface area contributed by atoms with Crippen molar-refractivity contribution in [2.45, 2.75) is 35.9 Å². The smallest absolute Gasteiger partial charge is 0.200 e. The third-order valence-corrected chi connectivity index (χ3v) is 7.43. The Labute approximate surface area is 169 Å². The van der Waals surface area contributed by atoms with Gasteiger partial charge in [0.15, 0.2) is 15.1 Å². The quantitative estimate of drug-likeness (QED) is 0.546. The maximum Gasteiger partial charge on any atom is 0.200 e. The molecule has 0 bridgehead atoms. The number of thioether (sulfide) groups is 1. The van der Waals surface area contributed by atoms with Gasteiger partial charge in [0.2, 0.25) is 0 Å². The molecule has 0 unspecified atom stereocenters. The van der Waals surface area contributed by atoms with E-state index in [1.54, 1.807) is 18.2 Å². The van der Waals surface area contributed by atoms with Crippen LogP contribution in [0, 0.1) is 24.2 Å². The molecule has 5 nitrogen and oxygen atoms in total. The van der Waals surface area contributed by atoms with Gasteiger partial charge in [-0.25, -0.2) is 18.4 Å². The van der Waals surface area contributed by atoms with Crippen LogP contribution >= 0.6 is 11.8 Å². The van der Waals surface area contributed by atoms with Crippen molar-refractivity contribution in [3.05, 3.63) is 59.8 Å². The van der Waals surface area contributed by atoms with Crippen LogP contribution in [0.25, 0.3) is 11.0 Å². The van der Waals surface area contributed by atoms with E-state index in [4.69, 9.17) is 0 Å². The highest BCUT2D eigenvalue weighted by molar-refractivity contribution is 7.99. The second kappa shape index (κ2) is 8.29. The zero-order valence-electron chi connectivity index (χ0n) is 16.0. The number of benzene rings is 2. The first kappa shape index (κ1) is 20.3. The van der Waals surface area contributed by atoms with Crippen molar-refractivity contribution in [1.29, 1.82) is 5.26 Å². The van der Waals surface area contributed by atoms with Crippen LogP contribution in [0.3, 0.4) is 0 Å². The number of fused-ring (bicyclic) bond motifs is 1. The molecule has 0 N–H and O–H groups in total. The molecule has 3 rings (SSSR count). The Balaban J connectivity index is 2.16. The third-order valence-electron chi connectivity index (χ3n) is 4.14. The van der Waals surface area contributed by atoms with E-state index in [1.165, 1.54) is 23.9 Å². The Morgan fingerprint density at radius 1 is 1.04 bits per heavy atom. The Morgan fingerprint density at radius 2 is 1.64 bits per heavy atom. The molecule has 28 heavy (non-hydrogen) atoms. The number of nitrogens with zero attached hydrogens (tertiary/aromatic N) is 3. The minimum absolute atomic E-state index is 0.111. The molecule has 0 aliphatic heterocycles. The van der Waals surface area contributed by atoms with Crippen LogP contribution in [0.4, 0.5) is 0 Å². The molecule has 1 heterocycles. The number of aryl methyl sites for hydroxylation is 1. The average molecular weight is 412 g/mol. The lowest BCUT2D eigenvalue weighted by Crippen LogP contribution is -2.16. The van der Waals surface area contributed by atoms with Crippen molar-refractivity contribution in [2.75, 3.05) is 5.75 Å². The Kier molecular flexibility index (Phi) is 6.01. The molecule has 2 aromatic carbocycles. The normalized spacial score (nSPS) is 12.8. The van der Waals surface area contributed by atoms with Crippen LogP contribution in [0.5, 0.6) is 0 Å². The summed E-state index contributed by atoms with van der Waals surface area (Å²) in [6.45, 7) is 6.03. The van der Waals surface area contributed by atoms with Crippen LogP contribution in [0.2, 0.25) is 0 Å². The highest BCUT2D eigenvalue weighted by atomic mass is 32.2. The van der Waals surface area contributed by atoms with E-state index in [2.05, 4.69) is 23.8 Å². The molecule has 0 spiro atoms. The maximum absolute atomic E-state index is 13.2. The first-order chi connectivity index (χ1) is 13.3. The fourth-order valence-electron chi connectivity index (χ4n) is 2.66. The van der Waals surface area contributed by atoms with Crippen LogP contribution in [-0.4, -0.2) is 24.1 Å². The minimum Gasteiger partial charge on any atom is -0.246 e. The summed E-state index contributed by atoms with van der Waals surface area (Å²) in [4.78, 5) is 9.28. The van der Waals surface area contributed by atoms with Gasteiger partial charge in [-0.3, -0.25) is 0 Å². The minimum atomic E-state index is -3.93. The number of para-hydroxylation sites is 2. The highest BCUT2D eigenvalue weighted by Crippen LogP contribution is 2.34. The zero-order valence-corrected chi connectivity index (χ0v) is 17.6. The van der Waals surface area contributed by atoms with Gasteiger partial charge in [0.05, 0.1) is 22.0 Å². The lowest BCUT2D eigenvalue weighted by atomic mass is 10.2. The number of nitriles is 1. The molecule has 1 aromatic heterocycles. The van der Waals surface area contributed by atoms with Crippen LogP contribution in [-0.2, 0) is 9.84 Å². The Morgan fingerprint density at radius 3 is 2.21 bits per heavy atom. The van der Waals surface area contributed by atoms with Crippen molar-refractivity contribution < 1.29 is 8.42 Å². The summed E-state index contributed by atoms with van der Waals surface area (Å²) in [6.07, 6.45) is 0. The molecular formula is C21H21N3O2S2. The SMILES string of the molecule is Cc1ccc(S(=O)(=O)[C@@H](C#N)c2nc3ccccc3nc2SCC(C)C)cc1. The standard InChI is InChI=1S/C21H21N3O2S2/c1-14(2)13-27-21-20(23-17-6-4-5-7-18(17)24-21)19(12-22)28(25,26)16-10-8-15(3)9-11-16/h4-11,14,19H,13H2,1-3H3/t19-/m0/s1. The van der Waals surface area contributed by atoms with Crippen LogP contribution in [0.1, 0.15) is 30.4 Å². The van der Waals surface area contributed by atoms with Gasteiger partial charge in [-0.15, -0.1) is 11.8 Å². The van der Waals surface area contributed by atoms with Crippen LogP contribution < -0.4 is 0 Å². The van der Waals surface area contributed by atoms with E-state index in [9.17, 15) is 13.7 Å². The number of aromatic nitrogens is 2. The monoisotopic (exact) mass is 411 g/mol. The summed E-state index contributed by atoms with van der Waals surface area (Å²) in [5.41, 5.74) is 2.41. The molecule has 0 saturated carbocycles. The van der Waals surface area contributed by atoms with Crippen molar-refractivity contribution in [3.63, 3.8) is 0 Å².